The second kappa shape index (κ2) is 8.98. The molecule has 1 atom stereocenters. The SMILES string of the molecule is CC(Nc1ncnc(NNC(=O)c2ccccc2Cl)c1[N+](=O)[O-])c1ccccc1. The number of aromatic nitrogens is 2. The highest BCUT2D eigenvalue weighted by Crippen LogP contribution is 2.31. The maximum atomic E-state index is 12.3. The molecule has 0 aliphatic carbocycles. The van der Waals surface area contributed by atoms with Gasteiger partial charge in [0.15, 0.2) is 0 Å². The second-order valence-corrected chi connectivity index (χ2v) is 6.42. The van der Waals surface area contributed by atoms with Gasteiger partial charge in [0.1, 0.15) is 6.33 Å². The van der Waals surface area contributed by atoms with Gasteiger partial charge in [-0.15, -0.1) is 0 Å². The molecule has 9 nitrogen and oxygen atoms in total. The first-order valence-corrected chi connectivity index (χ1v) is 8.97. The highest BCUT2D eigenvalue weighted by molar-refractivity contribution is 6.33. The summed E-state index contributed by atoms with van der Waals surface area (Å²) in [6.07, 6.45) is 1.16. The molecule has 148 valence electrons. The molecule has 29 heavy (non-hydrogen) atoms. The number of halogens is 1. The first-order chi connectivity index (χ1) is 14.0. The lowest BCUT2D eigenvalue weighted by molar-refractivity contribution is -0.383. The smallest absolute Gasteiger partial charge is 0.354 e. The van der Waals surface area contributed by atoms with Crippen LogP contribution in [0.5, 0.6) is 0 Å². The predicted octanol–water partition coefficient (Wildman–Crippen LogP) is 3.97. The molecule has 0 aliphatic heterocycles. The zero-order chi connectivity index (χ0) is 20.8. The third kappa shape index (κ3) is 4.77. The van der Waals surface area contributed by atoms with Gasteiger partial charge >= 0.3 is 5.69 Å². The number of hydrogen-bond acceptors (Lipinski definition) is 7. The number of nitrogens with one attached hydrogen (secondary N) is 3. The fourth-order valence-corrected chi connectivity index (χ4v) is 2.83. The lowest BCUT2D eigenvalue weighted by Crippen LogP contribution is -2.30. The molecular weight excluding hydrogens is 396 g/mol. The van der Waals surface area contributed by atoms with Crippen molar-refractivity contribution in [2.75, 3.05) is 10.7 Å². The van der Waals surface area contributed by atoms with Crippen LogP contribution in [0.4, 0.5) is 17.3 Å². The van der Waals surface area contributed by atoms with E-state index < -0.39 is 16.5 Å². The number of nitro groups is 1. The van der Waals surface area contributed by atoms with Crippen molar-refractivity contribution >= 4 is 34.8 Å². The van der Waals surface area contributed by atoms with Crippen molar-refractivity contribution in [2.45, 2.75) is 13.0 Å². The Balaban J connectivity index is 1.81. The van der Waals surface area contributed by atoms with E-state index in [4.69, 9.17) is 11.6 Å². The summed E-state index contributed by atoms with van der Waals surface area (Å²) in [6, 6.07) is 15.6. The molecule has 0 radical (unpaired) electrons. The van der Waals surface area contributed by atoms with E-state index in [1.54, 1.807) is 18.2 Å². The summed E-state index contributed by atoms with van der Waals surface area (Å²) in [4.78, 5) is 31.2. The largest absolute Gasteiger partial charge is 0.358 e. The van der Waals surface area contributed by atoms with Gasteiger partial charge in [0, 0.05) is 0 Å². The quantitative estimate of drug-likeness (QED) is 0.396. The van der Waals surface area contributed by atoms with E-state index in [1.807, 2.05) is 37.3 Å². The fraction of sp³-hybridized carbons (Fsp3) is 0.105. The van der Waals surface area contributed by atoms with Crippen molar-refractivity contribution in [1.29, 1.82) is 0 Å². The van der Waals surface area contributed by atoms with Crippen LogP contribution in [0.25, 0.3) is 0 Å². The van der Waals surface area contributed by atoms with Crippen molar-refractivity contribution in [3.05, 3.63) is 87.2 Å². The van der Waals surface area contributed by atoms with Gasteiger partial charge in [0.05, 0.1) is 21.6 Å². The average molecular weight is 413 g/mol. The first-order valence-electron chi connectivity index (χ1n) is 8.59. The average Bonchev–Trinajstić information content (AvgIpc) is 2.72. The molecule has 10 heteroatoms. The molecule has 1 amide bonds. The van der Waals surface area contributed by atoms with E-state index in [-0.39, 0.29) is 28.3 Å². The molecule has 0 saturated heterocycles. The standard InChI is InChI=1S/C19H17ClN6O3/c1-12(13-7-3-2-4-8-13)23-17-16(26(28)29)18(22-11-21-17)24-25-19(27)14-9-5-6-10-15(14)20/h2-12H,1H3,(H,25,27)(H2,21,22,23,24). The lowest BCUT2D eigenvalue weighted by Gasteiger charge is -2.16. The van der Waals surface area contributed by atoms with Crippen molar-refractivity contribution < 1.29 is 9.72 Å². The molecule has 2 aromatic carbocycles. The zero-order valence-electron chi connectivity index (χ0n) is 15.3. The van der Waals surface area contributed by atoms with Gasteiger partial charge in [-0.25, -0.2) is 9.97 Å². The topological polar surface area (TPSA) is 122 Å². The van der Waals surface area contributed by atoms with Crippen molar-refractivity contribution in [3.8, 4) is 0 Å². The summed E-state index contributed by atoms with van der Waals surface area (Å²) in [7, 11) is 0. The Bertz CT molecular complexity index is 1030. The minimum atomic E-state index is -0.621. The molecule has 0 fully saturated rings. The van der Waals surface area contributed by atoms with E-state index in [9.17, 15) is 14.9 Å². The van der Waals surface area contributed by atoms with Crippen LogP contribution < -0.4 is 16.2 Å². The lowest BCUT2D eigenvalue weighted by atomic mass is 10.1. The maximum Gasteiger partial charge on any atom is 0.354 e. The number of carbonyl (C=O) groups is 1. The second-order valence-electron chi connectivity index (χ2n) is 6.01. The number of rotatable bonds is 7. The summed E-state index contributed by atoms with van der Waals surface area (Å²) < 4.78 is 0. The zero-order valence-corrected chi connectivity index (χ0v) is 16.1. The molecule has 1 unspecified atom stereocenters. The van der Waals surface area contributed by atoms with Crippen LogP contribution in [-0.4, -0.2) is 20.8 Å². The van der Waals surface area contributed by atoms with Crippen LogP contribution in [0.3, 0.4) is 0 Å². The molecule has 1 heterocycles. The highest BCUT2D eigenvalue weighted by atomic mass is 35.5. The summed E-state index contributed by atoms with van der Waals surface area (Å²) in [5.74, 6) is -0.695. The Morgan fingerprint density at radius 2 is 1.72 bits per heavy atom. The molecule has 3 rings (SSSR count). The third-order valence-corrected chi connectivity index (χ3v) is 4.40. The molecule has 3 aromatic rings. The predicted molar refractivity (Wildman–Crippen MR) is 110 cm³/mol. The van der Waals surface area contributed by atoms with Crippen LogP contribution in [0, 0.1) is 10.1 Å². The number of anilines is 2. The molecular formula is C19H17ClN6O3. The third-order valence-electron chi connectivity index (χ3n) is 4.07. The normalized spacial score (nSPS) is 11.4. The van der Waals surface area contributed by atoms with Crippen LogP contribution in [0.15, 0.2) is 60.9 Å². The molecule has 0 saturated carbocycles. The summed E-state index contributed by atoms with van der Waals surface area (Å²) in [5.41, 5.74) is 5.61. The molecule has 1 aromatic heterocycles. The maximum absolute atomic E-state index is 12.3. The Hall–Kier alpha value is -3.72. The van der Waals surface area contributed by atoms with Gasteiger partial charge in [0.2, 0.25) is 11.6 Å². The molecule has 3 N–H and O–H groups in total. The Morgan fingerprint density at radius 3 is 2.41 bits per heavy atom. The summed E-state index contributed by atoms with van der Waals surface area (Å²) >= 11 is 5.99. The van der Waals surface area contributed by atoms with Crippen molar-refractivity contribution in [2.24, 2.45) is 0 Å². The number of nitrogens with zero attached hydrogens (tertiary/aromatic N) is 3. The van der Waals surface area contributed by atoms with Gasteiger partial charge in [-0.1, -0.05) is 54.1 Å². The van der Waals surface area contributed by atoms with Crippen LogP contribution in [-0.2, 0) is 0 Å². The van der Waals surface area contributed by atoms with Gasteiger partial charge < -0.3 is 5.32 Å². The van der Waals surface area contributed by atoms with Crippen molar-refractivity contribution in [3.63, 3.8) is 0 Å². The highest BCUT2D eigenvalue weighted by Gasteiger charge is 2.25. The molecule has 0 bridgehead atoms. The number of benzene rings is 2. The van der Waals surface area contributed by atoms with Crippen LogP contribution in [0.2, 0.25) is 5.02 Å². The summed E-state index contributed by atoms with van der Waals surface area (Å²) in [6.45, 7) is 1.85. The van der Waals surface area contributed by atoms with Gasteiger partial charge in [-0.3, -0.25) is 25.8 Å². The van der Waals surface area contributed by atoms with E-state index >= 15 is 0 Å². The Kier molecular flexibility index (Phi) is 6.20. The minimum Gasteiger partial charge on any atom is -0.358 e. The Labute approximate surface area is 171 Å². The van der Waals surface area contributed by atoms with Gasteiger partial charge in [0.25, 0.3) is 5.91 Å². The van der Waals surface area contributed by atoms with Gasteiger partial charge in [-0.2, -0.15) is 0 Å². The number of amides is 1. The van der Waals surface area contributed by atoms with Gasteiger partial charge in [-0.05, 0) is 24.6 Å². The van der Waals surface area contributed by atoms with E-state index in [0.29, 0.717) is 0 Å². The van der Waals surface area contributed by atoms with Crippen molar-refractivity contribution in [1.82, 2.24) is 15.4 Å². The summed E-state index contributed by atoms with van der Waals surface area (Å²) in [5, 5.41) is 14.9. The van der Waals surface area contributed by atoms with E-state index in [1.165, 1.54) is 6.07 Å². The fourth-order valence-electron chi connectivity index (χ4n) is 2.61. The van der Waals surface area contributed by atoms with Crippen LogP contribution in [0.1, 0.15) is 28.9 Å². The Morgan fingerprint density at radius 1 is 1.07 bits per heavy atom. The first kappa shape index (κ1) is 20.0. The number of carbonyl (C=O) groups excluding carboxylic acids is 1. The van der Waals surface area contributed by atoms with Crippen LogP contribution >= 0.6 is 11.6 Å². The number of hydrogen-bond donors (Lipinski definition) is 3. The molecule has 0 aliphatic rings. The minimum absolute atomic E-state index is 0.0239. The van der Waals surface area contributed by atoms with E-state index in [0.717, 1.165) is 11.9 Å². The number of hydrazine groups is 1. The molecule has 0 spiro atoms. The monoisotopic (exact) mass is 412 g/mol. The van der Waals surface area contributed by atoms with E-state index in [2.05, 4.69) is 26.1 Å².